The van der Waals surface area contributed by atoms with Crippen molar-refractivity contribution in [2.75, 3.05) is 6.61 Å². The standard InChI is InChI=1S/C17H19N3O4S/c18-25-23-11-14-13(7-6-12-4-2-1-3-5-12)10-16(24-14)20-9-8-15(21)19-17(20)22/h1-9,13-14,16H,10-11,18H2,(H,19,21,22)/b7-6+/t13-,14+,16+/m0/s1. The molecule has 25 heavy (non-hydrogen) atoms. The van der Waals surface area contributed by atoms with E-state index in [0.717, 1.165) is 17.8 Å². The number of nitrogens with zero attached hydrogens (tertiary/aromatic N) is 1. The van der Waals surface area contributed by atoms with Gasteiger partial charge in [-0.25, -0.2) is 4.79 Å². The van der Waals surface area contributed by atoms with Gasteiger partial charge in [0, 0.05) is 24.6 Å². The molecule has 0 spiro atoms. The molecule has 0 unspecified atom stereocenters. The van der Waals surface area contributed by atoms with Crippen molar-refractivity contribution in [1.82, 2.24) is 9.55 Å². The number of benzene rings is 1. The third kappa shape index (κ3) is 4.49. The van der Waals surface area contributed by atoms with Crippen LogP contribution in [0, 0.1) is 5.92 Å². The molecule has 1 saturated heterocycles. The molecule has 1 aromatic heterocycles. The molecule has 1 aliphatic heterocycles. The van der Waals surface area contributed by atoms with Crippen molar-refractivity contribution in [3.63, 3.8) is 0 Å². The van der Waals surface area contributed by atoms with Crippen molar-refractivity contribution in [3.05, 3.63) is 75.1 Å². The fourth-order valence-electron chi connectivity index (χ4n) is 2.85. The minimum atomic E-state index is -0.488. The highest BCUT2D eigenvalue weighted by atomic mass is 32.2. The van der Waals surface area contributed by atoms with E-state index >= 15 is 0 Å². The Morgan fingerprint density at radius 3 is 2.84 bits per heavy atom. The zero-order chi connectivity index (χ0) is 17.6. The number of rotatable bonds is 6. The molecule has 3 N–H and O–H groups in total. The lowest BCUT2D eigenvalue weighted by Crippen LogP contribution is -2.31. The first-order valence-electron chi connectivity index (χ1n) is 7.86. The molecule has 0 amide bonds. The highest BCUT2D eigenvalue weighted by molar-refractivity contribution is 7.92. The number of ether oxygens (including phenoxy) is 1. The molecule has 0 bridgehead atoms. The molecule has 8 heteroatoms. The number of hydrogen-bond acceptors (Lipinski definition) is 6. The van der Waals surface area contributed by atoms with Crippen molar-refractivity contribution in [2.45, 2.75) is 18.8 Å². The van der Waals surface area contributed by atoms with Crippen LogP contribution in [-0.2, 0) is 8.92 Å². The van der Waals surface area contributed by atoms with E-state index in [9.17, 15) is 9.59 Å². The van der Waals surface area contributed by atoms with E-state index in [-0.39, 0.29) is 12.0 Å². The van der Waals surface area contributed by atoms with Gasteiger partial charge in [0.25, 0.3) is 5.56 Å². The maximum Gasteiger partial charge on any atom is 0.330 e. The second-order valence-electron chi connectivity index (χ2n) is 5.70. The molecule has 2 aromatic rings. The minimum Gasteiger partial charge on any atom is -0.352 e. The largest absolute Gasteiger partial charge is 0.352 e. The molecule has 2 heterocycles. The van der Waals surface area contributed by atoms with Crippen LogP contribution in [-0.4, -0.2) is 22.3 Å². The first-order valence-corrected chi connectivity index (χ1v) is 8.66. The average Bonchev–Trinajstić information content (AvgIpc) is 3.02. The highest BCUT2D eigenvalue weighted by Gasteiger charge is 2.35. The highest BCUT2D eigenvalue weighted by Crippen LogP contribution is 2.34. The van der Waals surface area contributed by atoms with Gasteiger partial charge >= 0.3 is 5.69 Å². The van der Waals surface area contributed by atoms with E-state index in [1.165, 1.54) is 16.8 Å². The molecule has 0 radical (unpaired) electrons. The lowest BCUT2D eigenvalue weighted by atomic mass is 9.99. The number of aromatic amines is 1. The van der Waals surface area contributed by atoms with E-state index in [0.29, 0.717) is 13.0 Å². The van der Waals surface area contributed by atoms with Crippen molar-refractivity contribution in [2.24, 2.45) is 11.1 Å². The summed E-state index contributed by atoms with van der Waals surface area (Å²) >= 11 is 0.787. The van der Waals surface area contributed by atoms with Gasteiger partial charge in [0.2, 0.25) is 0 Å². The minimum absolute atomic E-state index is 0.0520. The molecule has 1 fully saturated rings. The Hall–Kier alpha value is -2.13. The van der Waals surface area contributed by atoms with Crippen LogP contribution in [0.2, 0.25) is 0 Å². The number of nitrogens with one attached hydrogen (secondary N) is 1. The Bertz CT molecular complexity index is 834. The number of H-pyrrole nitrogens is 1. The van der Waals surface area contributed by atoms with Gasteiger partial charge in [-0.2, -0.15) is 0 Å². The maximum absolute atomic E-state index is 12.0. The summed E-state index contributed by atoms with van der Waals surface area (Å²) in [6.07, 6.45) is 5.42. The predicted octanol–water partition coefficient (Wildman–Crippen LogP) is 1.69. The number of nitrogens with two attached hydrogens (primary N) is 1. The van der Waals surface area contributed by atoms with Gasteiger partial charge in [-0.05, 0) is 5.56 Å². The summed E-state index contributed by atoms with van der Waals surface area (Å²) in [5, 5.41) is 5.33. The van der Waals surface area contributed by atoms with Crippen molar-refractivity contribution in [1.29, 1.82) is 0 Å². The Kier molecular flexibility index (Phi) is 5.87. The van der Waals surface area contributed by atoms with E-state index in [1.807, 2.05) is 36.4 Å². The Morgan fingerprint density at radius 1 is 1.32 bits per heavy atom. The smallest absolute Gasteiger partial charge is 0.330 e. The molecule has 1 aromatic carbocycles. The van der Waals surface area contributed by atoms with Crippen LogP contribution in [0.3, 0.4) is 0 Å². The van der Waals surface area contributed by atoms with Crippen LogP contribution in [0.15, 0.2) is 58.3 Å². The molecule has 3 atom stereocenters. The van der Waals surface area contributed by atoms with Crippen LogP contribution in [0.4, 0.5) is 0 Å². The first-order chi connectivity index (χ1) is 12.2. The van der Waals surface area contributed by atoms with Gasteiger partial charge in [-0.1, -0.05) is 42.5 Å². The summed E-state index contributed by atoms with van der Waals surface area (Å²) in [5.41, 5.74) is 0.164. The van der Waals surface area contributed by atoms with Crippen molar-refractivity contribution in [3.8, 4) is 0 Å². The second kappa shape index (κ2) is 8.30. The van der Waals surface area contributed by atoms with Crippen LogP contribution >= 0.6 is 12.2 Å². The van der Waals surface area contributed by atoms with Crippen LogP contribution in [0.1, 0.15) is 18.2 Å². The van der Waals surface area contributed by atoms with Gasteiger partial charge in [0.15, 0.2) is 0 Å². The zero-order valence-corrected chi connectivity index (χ0v) is 14.2. The average molecular weight is 361 g/mol. The first kappa shape index (κ1) is 17.7. The lowest BCUT2D eigenvalue weighted by Gasteiger charge is -2.15. The quantitative estimate of drug-likeness (QED) is 0.600. The fourth-order valence-corrected chi connectivity index (χ4v) is 3.06. The Labute approximate surface area is 148 Å². The summed E-state index contributed by atoms with van der Waals surface area (Å²) in [5.74, 6) is 0.0520. The summed E-state index contributed by atoms with van der Waals surface area (Å²) in [4.78, 5) is 25.5. The predicted molar refractivity (Wildman–Crippen MR) is 96.5 cm³/mol. The molecule has 0 saturated carbocycles. The molecule has 0 aliphatic carbocycles. The van der Waals surface area contributed by atoms with Crippen molar-refractivity contribution >= 4 is 18.3 Å². The molecular formula is C17H19N3O4S. The molecule has 3 rings (SSSR count). The van der Waals surface area contributed by atoms with Crippen LogP contribution in [0.5, 0.6) is 0 Å². The molecular weight excluding hydrogens is 342 g/mol. The lowest BCUT2D eigenvalue weighted by molar-refractivity contribution is -0.0216. The SMILES string of the molecule is NSOC[C@H]1O[C@@H](n2ccc(=O)[nH]c2=O)C[C@@H]1/C=C/c1ccccc1. The molecule has 7 nitrogen and oxygen atoms in total. The summed E-state index contributed by atoms with van der Waals surface area (Å²) in [7, 11) is 0. The van der Waals surface area contributed by atoms with E-state index in [2.05, 4.69) is 11.1 Å². The monoisotopic (exact) mass is 361 g/mol. The molecule has 1 aliphatic rings. The number of hydrogen-bond donors (Lipinski definition) is 2. The summed E-state index contributed by atoms with van der Waals surface area (Å²) in [6, 6.07) is 11.2. The van der Waals surface area contributed by atoms with Crippen LogP contribution in [0.25, 0.3) is 6.08 Å². The Balaban J connectivity index is 1.79. The topological polar surface area (TPSA) is 99.3 Å². The second-order valence-corrected chi connectivity index (χ2v) is 6.12. The van der Waals surface area contributed by atoms with Gasteiger partial charge in [-0.15, -0.1) is 0 Å². The molecule has 132 valence electrons. The normalized spacial score (nSPS) is 23.3. The Morgan fingerprint density at radius 2 is 2.12 bits per heavy atom. The third-order valence-electron chi connectivity index (χ3n) is 4.08. The fraction of sp³-hybridized carbons (Fsp3) is 0.294. The van der Waals surface area contributed by atoms with Gasteiger partial charge in [0.05, 0.1) is 24.9 Å². The van der Waals surface area contributed by atoms with E-state index in [4.69, 9.17) is 14.1 Å². The summed E-state index contributed by atoms with van der Waals surface area (Å²) in [6.45, 7) is 0.305. The number of aromatic nitrogens is 2. The maximum atomic E-state index is 12.0. The third-order valence-corrected chi connectivity index (χ3v) is 4.35. The van der Waals surface area contributed by atoms with Crippen LogP contribution < -0.4 is 16.4 Å². The van der Waals surface area contributed by atoms with Crippen molar-refractivity contribution < 1.29 is 8.92 Å². The van der Waals surface area contributed by atoms with E-state index < -0.39 is 17.5 Å². The summed E-state index contributed by atoms with van der Waals surface area (Å²) < 4.78 is 12.6. The van der Waals surface area contributed by atoms with Gasteiger partial charge < -0.3 is 4.74 Å². The van der Waals surface area contributed by atoms with E-state index in [1.54, 1.807) is 0 Å². The van der Waals surface area contributed by atoms with Gasteiger partial charge in [-0.3, -0.25) is 23.7 Å². The van der Waals surface area contributed by atoms with Gasteiger partial charge in [0.1, 0.15) is 6.23 Å². The zero-order valence-electron chi connectivity index (χ0n) is 13.4.